The van der Waals surface area contributed by atoms with E-state index < -0.39 is 23.3 Å². The number of aliphatic carboxylic acids is 1. The van der Waals surface area contributed by atoms with Crippen molar-refractivity contribution in [3.05, 3.63) is 28.8 Å². The summed E-state index contributed by atoms with van der Waals surface area (Å²) in [6, 6.07) is 4.08. The number of benzene rings is 1. The Morgan fingerprint density at radius 1 is 1.38 bits per heavy atom. The number of nitrogens with one attached hydrogen (secondary N) is 1. The molecule has 21 heavy (non-hydrogen) atoms. The van der Waals surface area contributed by atoms with E-state index in [0.717, 1.165) is 5.56 Å². The van der Waals surface area contributed by atoms with Crippen molar-refractivity contribution >= 4 is 23.5 Å². The van der Waals surface area contributed by atoms with Gasteiger partial charge in [-0.05, 0) is 36.1 Å². The third kappa shape index (κ3) is 5.27. The van der Waals surface area contributed by atoms with Crippen molar-refractivity contribution in [3.63, 3.8) is 0 Å². The van der Waals surface area contributed by atoms with E-state index in [0.29, 0.717) is 10.8 Å². The van der Waals surface area contributed by atoms with Gasteiger partial charge in [0.15, 0.2) is 6.61 Å². The monoisotopic (exact) mass is 313 g/mol. The molecular formula is C15H20ClNO4. The third-order valence-corrected chi connectivity index (χ3v) is 3.34. The van der Waals surface area contributed by atoms with Gasteiger partial charge >= 0.3 is 5.97 Å². The molecule has 0 bridgehead atoms. The fourth-order valence-electron chi connectivity index (χ4n) is 1.71. The summed E-state index contributed by atoms with van der Waals surface area (Å²) in [7, 11) is 0. The van der Waals surface area contributed by atoms with Crippen LogP contribution in [0.15, 0.2) is 18.2 Å². The molecule has 0 spiro atoms. The highest BCUT2D eigenvalue weighted by atomic mass is 35.5. The summed E-state index contributed by atoms with van der Waals surface area (Å²) in [5, 5.41) is 12.2. The fraction of sp³-hybridized carbons (Fsp3) is 0.467. The summed E-state index contributed by atoms with van der Waals surface area (Å²) in [6.45, 7) is 6.82. The Labute approximate surface area is 129 Å². The van der Waals surface area contributed by atoms with Crippen molar-refractivity contribution in [3.8, 4) is 5.75 Å². The second-order valence-corrected chi connectivity index (χ2v) is 6.31. The molecule has 0 radical (unpaired) electrons. The maximum atomic E-state index is 11.8. The number of carboxylic acids is 1. The molecule has 0 unspecified atom stereocenters. The van der Waals surface area contributed by atoms with Gasteiger partial charge in [-0.15, -0.1) is 0 Å². The van der Waals surface area contributed by atoms with Gasteiger partial charge in [-0.1, -0.05) is 32.4 Å². The first-order valence-corrected chi connectivity index (χ1v) is 6.90. The zero-order valence-corrected chi connectivity index (χ0v) is 13.3. The Bertz CT molecular complexity index is 537. The second kappa shape index (κ2) is 6.80. The molecule has 6 heteroatoms. The molecule has 1 amide bonds. The van der Waals surface area contributed by atoms with Crippen molar-refractivity contribution in [2.75, 3.05) is 6.61 Å². The van der Waals surface area contributed by atoms with Crippen LogP contribution in [0.5, 0.6) is 5.75 Å². The summed E-state index contributed by atoms with van der Waals surface area (Å²) >= 11 is 5.90. The Balaban J connectivity index is 2.61. The molecule has 1 rings (SSSR count). The lowest BCUT2D eigenvalue weighted by Gasteiger charge is -2.27. The molecule has 0 heterocycles. The molecule has 1 aromatic carbocycles. The summed E-state index contributed by atoms with van der Waals surface area (Å²) in [5.41, 5.74) is 0.255. The highest BCUT2D eigenvalue weighted by Crippen LogP contribution is 2.21. The Hall–Kier alpha value is -1.75. The quantitative estimate of drug-likeness (QED) is 0.876. The van der Waals surface area contributed by atoms with E-state index in [1.807, 2.05) is 6.92 Å². The van der Waals surface area contributed by atoms with Crippen LogP contribution in [0.4, 0.5) is 0 Å². The molecule has 2 N–H and O–H groups in total. The number of carbonyl (C=O) groups excluding carboxylic acids is 1. The van der Waals surface area contributed by atoms with Crippen LogP contribution >= 0.6 is 11.6 Å². The summed E-state index contributed by atoms with van der Waals surface area (Å²) in [4.78, 5) is 23.0. The van der Waals surface area contributed by atoms with Gasteiger partial charge in [0.2, 0.25) is 0 Å². The number of hydrogen-bond donors (Lipinski definition) is 2. The zero-order chi connectivity index (χ0) is 16.2. The number of rotatable bonds is 5. The van der Waals surface area contributed by atoms with E-state index in [2.05, 4.69) is 5.32 Å². The number of amides is 1. The summed E-state index contributed by atoms with van der Waals surface area (Å²) in [6.07, 6.45) is 0. The van der Waals surface area contributed by atoms with Crippen LogP contribution in [0, 0.1) is 12.3 Å². The molecule has 116 valence electrons. The molecular weight excluding hydrogens is 294 g/mol. The zero-order valence-electron chi connectivity index (χ0n) is 12.6. The number of aryl methyl sites for hydroxylation is 1. The van der Waals surface area contributed by atoms with Crippen molar-refractivity contribution in [2.24, 2.45) is 5.41 Å². The van der Waals surface area contributed by atoms with Crippen molar-refractivity contribution in [2.45, 2.75) is 33.7 Å². The van der Waals surface area contributed by atoms with Gasteiger partial charge in [-0.25, -0.2) is 4.79 Å². The normalized spacial score (nSPS) is 12.6. The van der Waals surface area contributed by atoms with Crippen molar-refractivity contribution in [1.82, 2.24) is 5.32 Å². The maximum Gasteiger partial charge on any atom is 0.326 e. The van der Waals surface area contributed by atoms with Crippen LogP contribution in [0.1, 0.15) is 26.3 Å². The van der Waals surface area contributed by atoms with E-state index in [4.69, 9.17) is 21.4 Å². The van der Waals surface area contributed by atoms with E-state index in [1.165, 1.54) is 0 Å². The maximum absolute atomic E-state index is 11.8. The lowest BCUT2D eigenvalue weighted by Crippen LogP contribution is -2.50. The molecule has 0 aliphatic rings. The summed E-state index contributed by atoms with van der Waals surface area (Å²) in [5.74, 6) is -1.04. The van der Waals surface area contributed by atoms with Crippen molar-refractivity contribution in [1.29, 1.82) is 0 Å². The minimum atomic E-state index is -1.07. The first-order valence-electron chi connectivity index (χ1n) is 6.52. The number of ether oxygens (including phenoxy) is 1. The molecule has 0 fully saturated rings. The fourth-order valence-corrected chi connectivity index (χ4v) is 1.82. The van der Waals surface area contributed by atoms with Gasteiger partial charge in [-0.3, -0.25) is 4.79 Å². The molecule has 0 saturated heterocycles. The lowest BCUT2D eigenvalue weighted by molar-refractivity contribution is -0.145. The van der Waals surface area contributed by atoms with Crippen LogP contribution in [0.25, 0.3) is 0 Å². The number of carboxylic acid groups (broad SMARTS) is 1. The Morgan fingerprint density at radius 2 is 2.00 bits per heavy atom. The van der Waals surface area contributed by atoms with Crippen molar-refractivity contribution < 1.29 is 19.4 Å². The lowest BCUT2D eigenvalue weighted by atomic mass is 9.87. The third-order valence-electron chi connectivity index (χ3n) is 2.92. The average Bonchev–Trinajstić information content (AvgIpc) is 2.35. The first-order chi connectivity index (χ1) is 9.61. The van der Waals surface area contributed by atoms with Gasteiger partial charge in [-0.2, -0.15) is 0 Å². The predicted molar refractivity (Wildman–Crippen MR) is 80.7 cm³/mol. The highest BCUT2D eigenvalue weighted by Gasteiger charge is 2.32. The average molecular weight is 314 g/mol. The number of halogens is 1. The molecule has 0 aliphatic carbocycles. The molecule has 5 nitrogen and oxygen atoms in total. The minimum Gasteiger partial charge on any atom is -0.484 e. The van der Waals surface area contributed by atoms with Crippen LogP contribution in [0.3, 0.4) is 0 Å². The smallest absolute Gasteiger partial charge is 0.326 e. The van der Waals surface area contributed by atoms with Gasteiger partial charge in [0.25, 0.3) is 5.91 Å². The van der Waals surface area contributed by atoms with Gasteiger partial charge in [0, 0.05) is 5.02 Å². The molecule has 0 aliphatic heterocycles. The van der Waals surface area contributed by atoms with E-state index in [9.17, 15) is 9.59 Å². The molecule has 0 saturated carbocycles. The Kier molecular flexibility index (Phi) is 5.61. The van der Waals surface area contributed by atoms with Crippen LogP contribution in [0.2, 0.25) is 5.02 Å². The predicted octanol–water partition coefficient (Wildman–Crippen LogP) is 2.64. The SMILES string of the molecule is Cc1cc(OCC(=O)N[C@@H](C(=O)O)C(C)(C)C)ccc1Cl. The van der Waals surface area contributed by atoms with Gasteiger partial charge < -0.3 is 15.2 Å². The van der Waals surface area contributed by atoms with Crippen LogP contribution < -0.4 is 10.1 Å². The largest absolute Gasteiger partial charge is 0.484 e. The standard InChI is InChI=1S/C15H20ClNO4/c1-9-7-10(5-6-11(9)16)21-8-12(18)17-13(14(19)20)15(2,3)4/h5-7,13H,8H2,1-4H3,(H,17,18)(H,19,20)/t13-/m0/s1. The Morgan fingerprint density at radius 3 is 2.48 bits per heavy atom. The highest BCUT2D eigenvalue weighted by molar-refractivity contribution is 6.31. The second-order valence-electron chi connectivity index (χ2n) is 5.90. The molecule has 1 aromatic rings. The molecule has 1 atom stereocenters. The number of hydrogen-bond acceptors (Lipinski definition) is 3. The first kappa shape index (κ1) is 17.3. The minimum absolute atomic E-state index is 0.249. The van der Waals surface area contributed by atoms with Gasteiger partial charge in [0.1, 0.15) is 11.8 Å². The van der Waals surface area contributed by atoms with Crippen LogP contribution in [-0.4, -0.2) is 29.6 Å². The van der Waals surface area contributed by atoms with E-state index >= 15 is 0 Å². The van der Waals surface area contributed by atoms with Crippen LogP contribution in [-0.2, 0) is 9.59 Å². The summed E-state index contributed by atoms with van der Waals surface area (Å²) < 4.78 is 5.33. The molecule has 0 aromatic heterocycles. The topological polar surface area (TPSA) is 75.6 Å². The van der Waals surface area contributed by atoms with Gasteiger partial charge in [0.05, 0.1) is 0 Å². The number of carbonyl (C=O) groups is 2. The van der Waals surface area contributed by atoms with E-state index in [-0.39, 0.29) is 6.61 Å². The van der Waals surface area contributed by atoms with E-state index in [1.54, 1.807) is 39.0 Å².